The third-order valence-corrected chi connectivity index (χ3v) is 3.57. The summed E-state index contributed by atoms with van der Waals surface area (Å²) in [6, 6.07) is 4.73. The van der Waals surface area contributed by atoms with E-state index in [1.165, 1.54) is 12.1 Å². The van der Waals surface area contributed by atoms with Gasteiger partial charge in [-0.3, -0.25) is 0 Å². The van der Waals surface area contributed by atoms with Crippen molar-refractivity contribution in [2.24, 2.45) is 11.8 Å². The summed E-state index contributed by atoms with van der Waals surface area (Å²) >= 11 is 6.05. The van der Waals surface area contributed by atoms with Crippen LogP contribution in [-0.4, -0.2) is 13.1 Å². The lowest BCUT2D eigenvalue weighted by Crippen LogP contribution is -2.22. The maximum absolute atomic E-state index is 12.9. The summed E-state index contributed by atoms with van der Waals surface area (Å²) in [7, 11) is 0. The van der Waals surface area contributed by atoms with Crippen LogP contribution < -0.4 is 5.32 Å². The van der Waals surface area contributed by atoms with Gasteiger partial charge in [-0.25, -0.2) is 4.39 Å². The van der Waals surface area contributed by atoms with E-state index < -0.39 is 0 Å². The SMILES string of the molecule is CC(C)CNCC1CC1c1ccc(F)cc1Cl. The van der Waals surface area contributed by atoms with Crippen molar-refractivity contribution in [2.75, 3.05) is 13.1 Å². The molecular weight excluding hydrogens is 237 g/mol. The highest BCUT2D eigenvalue weighted by molar-refractivity contribution is 6.31. The average Bonchev–Trinajstić information content (AvgIpc) is 2.96. The van der Waals surface area contributed by atoms with Gasteiger partial charge in [0.1, 0.15) is 5.82 Å². The van der Waals surface area contributed by atoms with E-state index in [9.17, 15) is 4.39 Å². The highest BCUT2D eigenvalue weighted by atomic mass is 35.5. The van der Waals surface area contributed by atoms with E-state index in [-0.39, 0.29) is 5.82 Å². The van der Waals surface area contributed by atoms with Gasteiger partial charge in [-0.1, -0.05) is 31.5 Å². The fourth-order valence-corrected chi connectivity index (χ4v) is 2.52. The standard InChI is InChI=1S/C14H19ClFN/c1-9(2)7-17-8-10-5-13(10)12-4-3-11(16)6-14(12)15/h3-4,6,9-10,13,17H,5,7-8H2,1-2H3. The molecule has 1 aromatic rings. The first-order valence-electron chi connectivity index (χ1n) is 6.23. The van der Waals surface area contributed by atoms with Crippen molar-refractivity contribution in [3.8, 4) is 0 Å². The van der Waals surface area contributed by atoms with Crippen LogP contribution in [0.15, 0.2) is 18.2 Å². The van der Waals surface area contributed by atoms with Crippen molar-refractivity contribution in [3.63, 3.8) is 0 Å². The highest BCUT2D eigenvalue weighted by Gasteiger charge is 2.38. The van der Waals surface area contributed by atoms with Crippen molar-refractivity contribution in [3.05, 3.63) is 34.6 Å². The zero-order valence-corrected chi connectivity index (χ0v) is 11.1. The molecule has 94 valence electrons. The van der Waals surface area contributed by atoms with Crippen LogP contribution in [-0.2, 0) is 0 Å². The first kappa shape index (κ1) is 12.8. The molecule has 1 saturated carbocycles. The smallest absolute Gasteiger partial charge is 0.124 e. The number of hydrogen-bond donors (Lipinski definition) is 1. The Morgan fingerprint density at radius 3 is 2.88 bits per heavy atom. The molecule has 0 aromatic heterocycles. The monoisotopic (exact) mass is 255 g/mol. The van der Waals surface area contributed by atoms with Gasteiger partial charge >= 0.3 is 0 Å². The van der Waals surface area contributed by atoms with Crippen molar-refractivity contribution in [1.82, 2.24) is 5.32 Å². The summed E-state index contributed by atoms with van der Waals surface area (Å²) in [5.74, 6) is 1.61. The Hall–Kier alpha value is -0.600. The van der Waals surface area contributed by atoms with Crippen LogP contribution in [0.2, 0.25) is 5.02 Å². The van der Waals surface area contributed by atoms with Gasteiger partial charge in [-0.05, 0) is 55.0 Å². The predicted molar refractivity (Wildman–Crippen MR) is 70.0 cm³/mol. The van der Waals surface area contributed by atoms with Crippen LogP contribution in [0.5, 0.6) is 0 Å². The number of rotatable bonds is 5. The molecule has 1 N–H and O–H groups in total. The van der Waals surface area contributed by atoms with Gasteiger partial charge in [0.15, 0.2) is 0 Å². The topological polar surface area (TPSA) is 12.0 Å². The van der Waals surface area contributed by atoms with Crippen LogP contribution >= 0.6 is 11.6 Å². The van der Waals surface area contributed by atoms with Crippen molar-refractivity contribution in [1.29, 1.82) is 0 Å². The number of nitrogens with one attached hydrogen (secondary N) is 1. The molecule has 3 heteroatoms. The summed E-state index contributed by atoms with van der Waals surface area (Å²) < 4.78 is 12.9. The Labute approximate surface area is 107 Å². The van der Waals surface area contributed by atoms with E-state index in [0.717, 1.165) is 25.1 Å². The lowest BCUT2D eigenvalue weighted by Gasteiger charge is -2.07. The minimum atomic E-state index is -0.256. The lowest BCUT2D eigenvalue weighted by atomic mass is 10.1. The van der Waals surface area contributed by atoms with Gasteiger partial charge in [-0.2, -0.15) is 0 Å². The Morgan fingerprint density at radius 2 is 2.24 bits per heavy atom. The van der Waals surface area contributed by atoms with E-state index >= 15 is 0 Å². The fraction of sp³-hybridized carbons (Fsp3) is 0.571. The number of benzene rings is 1. The second-order valence-electron chi connectivity index (χ2n) is 5.32. The van der Waals surface area contributed by atoms with E-state index in [2.05, 4.69) is 19.2 Å². The lowest BCUT2D eigenvalue weighted by molar-refractivity contribution is 0.532. The molecule has 1 aliphatic rings. The van der Waals surface area contributed by atoms with Crippen molar-refractivity contribution >= 4 is 11.6 Å². The second-order valence-corrected chi connectivity index (χ2v) is 5.73. The molecule has 1 aromatic carbocycles. The first-order valence-corrected chi connectivity index (χ1v) is 6.61. The largest absolute Gasteiger partial charge is 0.316 e. The molecule has 2 atom stereocenters. The van der Waals surface area contributed by atoms with Crippen LogP contribution in [0, 0.1) is 17.7 Å². The second kappa shape index (κ2) is 5.36. The maximum atomic E-state index is 12.9. The molecule has 0 amide bonds. The summed E-state index contributed by atoms with van der Waals surface area (Å²) in [4.78, 5) is 0. The molecule has 1 fully saturated rings. The quantitative estimate of drug-likeness (QED) is 0.843. The molecule has 0 saturated heterocycles. The van der Waals surface area contributed by atoms with Gasteiger partial charge in [0, 0.05) is 5.02 Å². The zero-order valence-electron chi connectivity index (χ0n) is 10.3. The maximum Gasteiger partial charge on any atom is 0.124 e. The Kier molecular flexibility index (Phi) is 4.05. The Morgan fingerprint density at radius 1 is 1.47 bits per heavy atom. The average molecular weight is 256 g/mol. The van der Waals surface area contributed by atoms with Crippen LogP contribution in [0.1, 0.15) is 31.7 Å². The molecule has 0 radical (unpaired) electrons. The third kappa shape index (κ3) is 3.43. The molecule has 0 bridgehead atoms. The van der Waals surface area contributed by atoms with Gasteiger partial charge in [-0.15, -0.1) is 0 Å². The predicted octanol–water partition coefficient (Wildman–Crippen LogP) is 3.83. The molecule has 0 aliphatic heterocycles. The van der Waals surface area contributed by atoms with Crippen LogP contribution in [0.4, 0.5) is 4.39 Å². The van der Waals surface area contributed by atoms with E-state index in [1.54, 1.807) is 0 Å². The van der Waals surface area contributed by atoms with E-state index in [1.807, 2.05) is 6.07 Å². The van der Waals surface area contributed by atoms with Crippen LogP contribution in [0.25, 0.3) is 0 Å². The minimum absolute atomic E-state index is 0.256. The summed E-state index contributed by atoms with van der Waals surface area (Å²) in [5, 5.41) is 4.03. The molecule has 2 unspecified atom stereocenters. The molecule has 1 aliphatic carbocycles. The normalized spacial score (nSPS) is 23.1. The Balaban J connectivity index is 1.85. The summed E-state index contributed by atoms with van der Waals surface area (Å²) in [6.45, 7) is 6.50. The van der Waals surface area contributed by atoms with Gasteiger partial charge in [0.2, 0.25) is 0 Å². The van der Waals surface area contributed by atoms with Crippen LogP contribution in [0.3, 0.4) is 0 Å². The molecular formula is C14H19ClFN. The third-order valence-electron chi connectivity index (χ3n) is 3.24. The number of halogens is 2. The van der Waals surface area contributed by atoms with E-state index in [4.69, 9.17) is 11.6 Å². The molecule has 0 spiro atoms. The molecule has 0 heterocycles. The molecule has 1 nitrogen and oxygen atoms in total. The fourth-order valence-electron chi connectivity index (χ4n) is 2.21. The number of hydrogen-bond acceptors (Lipinski definition) is 1. The van der Waals surface area contributed by atoms with Crippen molar-refractivity contribution in [2.45, 2.75) is 26.2 Å². The highest BCUT2D eigenvalue weighted by Crippen LogP contribution is 2.49. The summed E-state index contributed by atoms with van der Waals surface area (Å²) in [5.41, 5.74) is 1.10. The van der Waals surface area contributed by atoms with E-state index in [0.29, 0.717) is 22.8 Å². The molecule has 17 heavy (non-hydrogen) atoms. The zero-order chi connectivity index (χ0) is 12.4. The van der Waals surface area contributed by atoms with Gasteiger partial charge in [0.05, 0.1) is 0 Å². The Bertz CT molecular complexity index is 392. The van der Waals surface area contributed by atoms with Crippen molar-refractivity contribution < 1.29 is 4.39 Å². The van der Waals surface area contributed by atoms with Gasteiger partial charge < -0.3 is 5.32 Å². The summed E-state index contributed by atoms with van der Waals surface area (Å²) in [6.07, 6.45) is 1.16. The first-order chi connectivity index (χ1) is 8.08. The molecule has 2 rings (SSSR count). The van der Waals surface area contributed by atoms with Gasteiger partial charge in [0.25, 0.3) is 0 Å². The minimum Gasteiger partial charge on any atom is -0.316 e.